The molecule has 0 fully saturated rings. The Labute approximate surface area is 64.5 Å². The highest BCUT2D eigenvalue weighted by Gasteiger charge is 2.17. The standard InChI is InChI=1S/C6H12N2O3/c1-4(10)5(2-8-11)6(7)3-9/h3-5,9-10H,2,7H2,1H3/b6-3-. The lowest BCUT2D eigenvalue weighted by Crippen LogP contribution is -2.26. The minimum atomic E-state index is -0.781. The van der Waals surface area contributed by atoms with Crippen LogP contribution in [0, 0.1) is 10.8 Å². The van der Waals surface area contributed by atoms with Crippen molar-refractivity contribution in [3.8, 4) is 0 Å². The normalized spacial score (nSPS) is 17.5. The first-order chi connectivity index (χ1) is 5.13. The predicted octanol–water partition coefficient (Wildman–Crippen LogP) is 0.108. The van der Waals surface area contributed by atoms with Crippen LogP contribution in [0.2, 0.25) is 0 Å². The molecule has 2 atom stereocenters. The summed E-state index contributed by atoms with van der Waals surface area (Å²) in [6.45, 7) is 1.35. The first kappa shape index (κ1) is 9.90. The van der Waals surface area contributed by atoms with E-state index in [0.29, 0.717) is 6.26 Å². The Balaban J connectivity index is 4.20. The van der Waals surface area contributed by atoms with E-state index in [1.165, 1.54) is 6.92 Å². The summed E-state index contributed by atoms with van der Waals surface area (Å²) in [7, 11) is 0. The maximum Gasteiger partial charge on any atom is 0.0983 e. The summed E-state index contributed by atoms with van der Waals surface area (Å²) in [6.07, 6.45) is -0.112. The van der Waals surface area contributed by atoms with E-state index in [1.54, 1.807) is 0 Å². The Bertz CT molecular complexity index is 156. The molecule has 0 heterocycles. The third-order valence-electron chi connectivity index (χ3n) is 1.43. The number of nitrogens with two attached hydrogens (primary N) is 1. The molecule has 5 heteroatoms. The Morgan fingerprint density at radius 2 is 2.36 bits per heavy atom. The van der Waals surface area contributed by atoms with Crippen LogP contribution in [0.5, 0.6) is 0 Å². The molecular weight excluding hydrogens is 148 g/mol. The molecule has 11 heavy (non-hydrogen) atoms. The monoisotopic (exact) mass is 160 g/mol. The summed E-state index contributed by atoms with van der Waals surface area (Å²) in [5, 5.41) is 20.0. The summed E-state index contributed by atoms with van der Waals surface area (Å²) >= 11 is 0. The van der Waals surface area contributed by atoms with E-state index in [1.807, 2.05) is 0 Å². The fraction of sp³-hybridized carbons (Fsp3) is 0.667. The van der Waals surface area contributed by atoms with Crippen molar-refractivity contribution in [3.05, 3.63) is 16.9 Å². The molecule has 0 saturated carbocycles. The van der Waals surface area contributed by atoms with Crippen LogP contribution in [0.1, 0.15) is 6.92 Å². The Morgan fingerprint density at radius 1 is 1.82 bits per heavy atom. The quantitative estimate of drug-likeness (QED) is 0.401. The second kappa shape index (κ2) is 4.68. The van der Waals surface area contributed by atoms with Gasteiger partial charge in [-0.2, -0.15) is 4.91 Å². The van der Waals surface area contributed by atoms with Gasteiger partial charge in [0.2, 0.25) is 0 Å². The van der Waals surface area contributed by atoms with Gasteiger partial charge >= 0.3 is 0 Å². The third-order valence-corrected chi connectivity index (χ3v) is 1.43. The molecule has 0 spiro atoms. The molecule has 5 nitrogen and oxygen atoms in total. The molecule has 0 amide bonds. The van der Waals surface area contributed by atoms with Crippen LogP contribution in [-0.2, 0) is 0 Å². The summed E-state index contributed by atoms with van der Waals surface area (Å²) < 4.78 is 0. The van der Waals surface area contributed by atoms with Crippen molar-refractivity contribution in [1.29, 1.82) is 0 Å². The van der Waals surface area contributed by atoms with E-state index < -0.39 is 12.0 Å². The summed E-state index contributed by atoms with van der Waals surface area (Å²) in [5.74, 6) is -0.586. The first-order valence-corrected chi connectivity index (χ1v) is 3.20. The first-order valence-electron chi connectivity index (χ1n) is 3.20. The van der Waals surface area contributed by atoms with Crippen molar-refractivity contribution in [2.75, 3.05) is 6.54 Å². The molecule has 0 saturated heterocycles. The minimum absolute atomic E-state index is 0.0691. The van der Waals surface area contributed by atoms with Crippen molar-refractivity contribution < 1.29 is 10.2 Å². The Kier molecular flexibility index (Phi) is 4.21. The maximum absolute atomic E-state index is 9.81. The minimum Gasteiger partial charge on any atom is -0.514 e. The second-order valence-corrected chi connectivity index (χ2v) is 2.29. The van der Waals surface area contributed by atoms with Crippen molar-refractivity contribution >= 4 is 0 Å². The fourth-order valence-electron chi connectivity index (χ4n) is 0.713. The fourth-order valence-corrected chi connectivity index (χ4v) is 0.713. The van der Waals surface area contributed by atoms with Gasteiger partial charge in [-0.15, -0.1) is 0 Å². The maximum atomic E-state index is 9.81. The Hall–Kier alpha value is -1.10. The van der Waals surface area contributed by atoms with Crippen LogP contribution in [0.15, 0.2) is 17.1 Å². The van der Waals surface area contributed by atoms with Gasteiger partial charge in [0, 0.05) is 0 Å². The van der Waals surface area contributed by atoms with E-state index in [4.69, 9.17) is 15.9 Å². The number of aliphatic hydroxyl groups excluding tert-OH is 2. The van der Waals surface area contributed by atoms with Crippen LogP contribution in [0.3, 0.4) is 0 Å². The average molecular weight is 160 g/mol. The van der Waals surface area contributed by atoms with Gasteiger partial charge in [0.05, 0.1) is 30.5 Å². The van der Waals surface area contributed by atoms with E-state index in [2.05, 4.69) is 5.18 Å². The third kappa shape index (κ3) is 2.99. The Morgan fingerprint density at radius 3 is 2.64 bits per heavy atom. The molecule has 64 valence electrons. The topological polar surface area (TPSA) is 95.9 Å². The van der Waals surface area contributed by atoms with Crippen molar-refractivity contribution in [1.82, 2.24) is 0 Å². The van der Waals surface area contributed by atoms with Crippen molar-refractivity contribution in [2.24, 2.45) is 16.8 Å². The molecule has 0 aliphatic heterocycles. The summed E-state index contributed by atoms with van der Waals surface area (Å²) in [5.41, 5.74) is 5.33. The van der Waals surface area contributed by atoms with Crippen LogP contribution in [0.25, 0.3) is 0 Å². The number of rotatable bonds is 4. The smallest absolute Gasteiger partial charge is 0.0983 e. The van der Waals surface area contributed by atoms with Crippen LogP contribution in [-0.4, -0.2) is 22.9 Å². The van der Waals surface area contributed by atoms with Gasteiger partial charge < -0.3 is 15.9 Å². The van der Waals surface area contributed by atoms with E-state index in [0.717, 1.165) is 0 Å². The number of aliphatic hydroxyl groups is 2. The van der Waals surface area contributed by atoms with Crippen LogP contribution in [0.4, 0.5) is 0 Å². The predicted molar refractivity (Wildman–Crippen MR) is 40.7 cm³/mol. The molecule has 0 aliphatic rings. The van der Waals surface area contributed by atoms with Gasteiger partial charge in [0.15, 0.2) is 0 Å². The zero-order chi connectivity index (χ0) is 8.85. The number of nitrogens with zero attached hydrogens (tertiary/aromatic N) is 1. The van der Waals surface area contributed by atoms with Crippen molar-refractivity contribution in [2.45, 2.75) is 13.0 Å². The van der Waals surface area contributed by atoms with Gasteiger partial charge in [-0.3, -0.25) is 0 Å². The number of nitroso groups, excluding NO2 is 1. The van der Waals surface area contributed by atoms with Gasteiger partial charge in [-0.1, -0.05) is 5.18 Å². The van der Waals surface area contributed by atoms with Crippen LogP contribution < -0.4 is 5.73 Å². The molecule has 0 aromatic rings. The van der Waals surface area contributed by atoms with Gasteiger partial charge in [-0.05, 0) is 6.92 Å². The van der Waals surface area contributed by atoms with E-state index in [-0.39, 0.29) is 12.2 Å². The highest BCUT2D eigenvalue weighted by molar-refractivity contribution is 5.00. The van der Waals surface area contributed by atoms with E-state index in [9.17, 15) is 4.91 Å². The molecule has 2 unspecified atom stereocenters. The second-order valence-electron chi connectivity index (χ2n) is 2.29. The highest BCUT2D eigenvalue weighted by Crippen LogP contribution is 2.10. The van der Waals surface area contributed by atoms with E-state index >= 15 is 0 Å². The lowest BCUT2D eigenvalue weighted by atomic mass is 10.0. The lowest BCUT2D eigenvalue weighted by Gasteiger charge is -2.15. The molecule has 0 radical (unpaired) electrons. The number of hydrogen-bond donors (Lipinski definition) is 3. The molecule has 0 rings (SSSR count). The van der Waals surface area contributed by atoms with Gasteiger partial charge in [0.1, 0.15) is 0 Å². The highest BCUT2D eigenvalue weighted by atomic mass is 16.3. The van der Waals surface area contributed by atoms with Gasteiger partial charge in [-0.25, -0.2) is 0 Å². The SMILES string of the molecule is CC(O)C(CN=O)/C(N)=C/O. The molecular formula is C6H12N2O3. The zero-order valence-corrected chi connectivity index (χ0v) is 6.27. The average Bonchev–Trinajstić information content (AvgIpc) is 1.98. The zero-order valence-electron chi connectivity index (χ0n) is 6.27. The molecule has 0 aromatic heterocycles. The largest absolute Gasteiger partial charge is 0.514 e. The molecule has 0 bridgehead atoms. The van der Waals surface area contributed by atoms with Crippen molar-refractivity contribution in [3.63, 3.8) is 0 Å². The van der Waals surface area contributed by atoms with Crippen LogP contribution >= 0.6 is 0 Å². The molecule has 0 aliphatic carbocycles. The summed E-state index contributed by atoms with van der Waals surface area (Å²) in [4.78, 5) is 9.81. The molecule has 4 N–H and O–H groups in total. The van der Waals surface area contributed by atoms with Gasteiger partial charge in [0.25, 0.3) is 0 Å². The number of hydrogen-bond acceptors (Lipinski definition) is 5. The lowest BCUT2D eigenvalue weighted by molar-refractivity contribution is 0.145. The summed E-state index contributed by atoms with van der Waals surface area (Å²) in [6, 6.07) is 0. The molecule has 0 aromatic carbocycles.